The second-order valence-corrected chi connectivity index (χ2v) is 7.28. The molecule has 9 heteroatoms. The summed E-state index contributed by atoms with van der Waals surface area (Å²) in [6.45, 7) is 0. The van der Waals surface area contributed by atoms with Crippen molar-refractivity contribution in [2.75, 3.05) is 5.32 Å². The summed E-state index contributed by atoms with van der Waals surface area (Å²) in [4.78, 5) is 17.5. The Hall–Kier alpha value is -1.51. The summed E-state index contributed by atoms with van der Waals surface area (Å²) in [6.07, 6.45) is -0.891. The zero-order chi connectivity index (χ0) is 18.1. The van der Waals surface area contributed by atoms with E-state index < -0.39 is 23.6 Å². The highest BCUT2D eigenvalue weighted by molar-refractivity contribution is 9.11. The van der Waals surface area contributed by atoms with Crippen LogP contribution in [0.25, 0.3) is 0 Å². The molecule has 1 aliphatic rings. The van der Waals surface area contributed by atoms with Gasteiger partial charge in [-0.05, 0) is 56.1 Å². The fraction of sp³-hybridized carbons (Fsp3) is 0.125. The lowest BCUT2D eigenvalue weighted by atomic mass is 10.0. The van der Waals surface area contributed by atoms with E-state index in [1.807, 2.05) is 0 Å². The lowest BCUT2D eigenvalue weighted by Crippen LogP contribution is -2.28. The first-order valence-corrected chi connectivity index (χ1v) is 8.95. The average molecular weight is 495 g/mol. The third-order valence-corrected chi connectivity index (χ3v) is 5.03. The quantitative estimate of drug-likeness (QED) is 0.632. The van der Waals surface area contributed by atoms with Gasteiger partial charge in [0.1, 0.15) is 11.6 Å². The number of anilines is 1. The minimum Gasteiger partial charge on any atom is -0.382 e. The predicted octanol–water partition coefficient (Wildman–Crippen LogP) is 5.27. The van der Waals surface area contributed by atoms with Crippen LogP contribution in [0.3, 0.4) is 0 Å². The van der Waals surface area contributed by atoms with Crippen LogP contribution in [0.5, 0.6) is 0 Å². The number of amides is 1. The molecule has 1 amide bonds. The van der Waals surface area contributed by atoms with Crippen LogP contribution in [0.15, 0.2) is 44.4 Å². The number of nitrogens with zero attached hydrogens (tertiary/aromatic N) is 1. The Bertz CT molecular complexity index is 849. The lowest BCUT2D eigenvalue weighted by molar-refractivity contribution is -0.125. The van der Waals surface area contributed by atoms with E-state index >= 15 is 0 Å². The molecule has 3 rings (SSSR count). The minimum atomic E-state index is -0.950. The monoisotopic (exact) mass is 492 g/mol. The first-order valence-electron chi connectivity index (χ1n) is 6.99. The molecular formula is C16H9Br2ClF2N2O2. The summed E-state index contributed by atoms with van der Waals surface area (Å²) in [6, 6.07) is 6.70. The van der Waals surface area contributed by atoms with E-state index in [-0.39, 0.29) is 22.7 Å². The Labute approximate surface area is 163 Å². The van der Waals surface area contributed by atoms with Crippen molar-refractivity contribution < 1.29 is 18.4 Å². The number of carbonyl (C=O) groups is 1. The van der Waals surface area contributed by atoms with Crippen molar-refractivity contribution in [1.29, 1.82) is 0 Å². The van der Waals surface area contributed by atoms with Gasteiger partial charge in [-0.15, -0.1) is 0 Å². The molecule has 0 saturated carbocycles. The number of oxime groups is 1. The van der Waals surface area contributed by atoms with E-state index in [2.05, 4.69) is 42.3 Å². The molecule has 0 spiro atoms. The maximum atomic E-state index is 14.0. The Morgan fingerprint density at radius 3 is 2.60 bits per heavy atom. The van der Waals surface area contributed by atoms with E-state index in [1.165, 1.54) is 30.3 Å². The highest BCUT2D eigenvalue weighted by Crippen LogP contribution is 2.33. The molecule has 0 fully saturated rings. The van der Waals surface area contributed by atoms with Gasteiger partial charge in [0, 0.05) is 15.4 Å². The highest BCUT2D eigenvalue weighted by Gasteiger charge is 2.31. The van der Waals surface area contributed by atoms with Gasteiger partial charge in [-0.25, -0.2) is 8.78 Å². The second-order valence-electron chi connectivity index (χ2n) is 5.17. The van der Waals surface area contributed by atoms with Gasteiger partial charge < -0.3 is 10.2 Å². The Balaban J connectivity index is 1.75. The molecule has 1 aliphatic heterocycles. The molecule has 1 N–H and O–H groups in total. The van der Waals surface area contributed by atoms with Crippen molar-refractivity contribution in [2.24, 2.45) is 5.16 Å². The summed E-state index contributed by atoms with van der Waals surface area (Å²) < 4.78 is 28.0. The summed E-state index contributed by atoms with van der Waals surface area (Å²) in [7, 11) is 0. The third-order valence-electron chi connectivity index (χ3n) is 3.47. The van der Waals surface area contributed by atoms with Crippen LogP contribution in [-0.2, 0) is 9.63 Å². The van der Waals surface area contributed by atoms with Crippen LogP contribution in [-0.4, -0.2) is 17.7 Å². The van der Waals surface area contributed by atoms with Crippen molar-refractivity contribution in [3.63, 3.8) is 0 Å². The molecule has 1 atom stereocenters. The molecule has 0 aromatic heterocycles. The van der Waals surface area contributed by atoms with Crippen LogP contribution in [0.4, 0.5) is 14.5 Å². The fourth-order valence-electron chi connectivity index (χ4n) is 2.30. The summed E-state index contributed by atoms with van der Waals surface area (Å²) in [5, 5.41) is 6.59. The first-order chi connectivity index (χ1) is 11.9. The van der Waals surface area contributed by atoms with E-state index in [4.69, 9.17) is 16.4 Å². The molecule has 2 aromatic carbocycles. The van der Waals surface area contributed by atoms with Crippen molar-refractivity contribution in [1.82, 2.24) is 0 Å². The lowest BCUT2D eigenvalue weighted by Gasteiger charge is -2.12. The first kappa shape index (κ1) is 18.3. The number of hydrogen-bond donors (Lipinski definition) is 1. The van der Waals surface area contributed by atoms with Crippen molar-refractivity contribution in [3.05, 3.63) is 61.5 Å². The molecule has 0 bridgehead atoms. The Morgan fingerprint density at radius 2 is 1.96 bits per heavy atom. The number of benzene rings is 2. The number of halogens is 5. The van der Waals surface area contributed by atoms with Gasteiger partial charge in [-0.1, -0.05) is 22.8 Å². The van der Waals surface area contributed by atoms with Crippen LogP contribution in [0.2, 0.25) is 5.02 Å². The summed E-state index contributed by atoms with van der Waals surface area (Å²) in [5.41, 5.74) is 0.719. The summed E-state index contributed by atoms with van der Waals surface area (Å²) in [5.74, 6) is -1.51. The molecule has 25 heavy (non-hydrogen) atoms. The molecule has 1 unspecified atom stereocenters. The van der Waals surface area contributed by atoms with Crippen LogP contribution in [0.1, 0.15) is 12.0 Å². The van der Waals surface area contributed by atoms with E-state index in [1.54, 1.807) is 0 Å². The largest absolute Gasteiger partial charge is 0.382 e. The minimum absolute atomic E-state index is 0.0585. The maximum absolute atomic E-state index is 14.0. The van der Waals surface area contributed by atoms with Crippen LogP contribution in [0, 0.1) is 11.6 Å². The number of nitrogens with one attached hydrogen (secondary N) is 1. The second kappa shape index (κ2) is 7.39. The molecular weight excluding hydrogens is 485 g/mol. The molecule has 130 valence electrons. The molecule has 4 nitrogen and oxygen atoms in total. The number of hydrogen-bond acceptors (Lipinski definition) is 3. The molecule has 0 saturated heterocycles. The van der Waals surface area contributed by atoms with Gasteiger partial charge in [0.15, 0.2) is 0 Å². The van der Waals surface area contributed by atoms with Crippen LogP contribution >= 0.6 is 43.5 Å². The maximum Gasteiger partial charge on any atom is 0.268 e. The number of carbonyl (C=O) groups excluding carboxylic acids is 1. The third kappa shape index (κ3) is 3.86. The Morgan fingerprint density at radius 1 is 1.28 bits per heavy atom. The van der Waals surface area contributed by atoms with E-state index in [0.29, 0.717) is 14.6 Å². The highest BCUT2D eigenvalue weighted by atomic mass is 79.9. The number of rotatable bonds is 3. The van der Waals surface area contributed by atoms with Crippen molar-refractivity contribution in [3.8, 4) is 0 Å². The topological polar surface area (TPSA) is 50.7 Å². The predicted molar refractivity (Wildman–Crippen MR) is 97.9 cm³/mol. The van der Waals surface area contributed by atoms with Gasteiger partial charge >= 0.3 is 0 Å². The van der Waals surface area contributed by atoms with E-state index in [0.717, 1.165) is 0 Å². The van der Waals surface area contributed by atoms with Gasteiger partial charge in [0.25, 0.3) is 5.91 Å². The van der Waals surface area contributed by atoms with Gasteiger partial charge in [0.05, 0.1) is 22.0 Å². The normalized spacial score (nSPS) is 16.4. The van der Waals surface area contributed by atoms with Gasteiger partial charge in [-0.3, -0.25) is 4.79 Å². The standard InChI is InChI=1S/C16H9Br2ClF2N2O2/c17-8-4-7(20)5-9(18)15(8)22-16(24)13-6-12(23-25-13)14-10(19)2-1-3-11(14)21/h1-5,13H,6H2,(H,22,24). The van der Waals surface area contributed by atoms with Crippen LogP contribution < -0.4 is 5.32 Å². The van der Waals surface area contributed by atoms with E-state index in [9.17, 15) is 13.6 Å². The molecule has 1 heterocycles. The summed E-state index contributed by atoms with van der Waals surface area (Å²) >= 11 is 12.4. The van der Waals surface area contributed by atoms with Gasteiger partial charge in [-0.2, -0.15) is 0 Å². The van der Waals surface area contributed by atoms with Gasteiger partial charge in [0.2, 0.25) is 6.10 Å². The fourth-order valence-corrected chi connectivity index (χ4v) is 3.91. The molecule has 0 aliphatic carbocycles. The zero-order valence-corrected chi connectivity index (χ0v) is 16.3. The molecule has 0 radical (unpaired) electrons. The Kier molecular flexibility index (Phi) is 5.41. The smallest absolute Gasteiger partial charge is 0.268 e. The molecule has 2 aromatic rings. The zero-order valence-electron chi connectivity index (χ0n) is 12.3. The SMILES string of the molecule is O=C(Nc1c(Br)cc(F)cc1Br)C1CC(c2c(F)cccc2Cl)=NO1. The van der Waals surface area contributed by atoms with Crippen molar-refractivity contribution in [2.45, 2.75) is 12.5 Å². The average Bonchev–Trinajstić information content (AvgIpc) is 3.00. The van der Waals surface area contributed by atoms with Crippen molar-refractivity contribution >= 4 is 60.8 Å².